The Hall–Kier alpha value is -0.290. The van der Waals surface area contributed by atoms with Crippen molar-refractivity contribution in [1.29, 1.82) is 0 Å². The summed E-state index contributed by atoms with van der Waals surface area (Å²) in [5.41, 5.74) is 5.78. The number of hydrogen-bond donors (Lipinski definition) is 1. The minimum absolute atomic E-state index is 0.126. The summed E-state index contributed by atoms with van der Waals surface area (Å²) >= 11 is 0. The van der Waals surface area contributed by atoms with E-state index in [1.807, 2.05) is 0 Å². The standard InChI is InChI=1S/C12H23F3N2/c1-10(2)17(9-12(13,14)15)8-11(16)6-4-3-5-7-11/h10H,3-9,16H2,1-2H3. The highest BCUT2D eigenvalue weighted by Gasteiger charge is 2.36. The van der Waals surface area contributed by atoms with Crippen LogP contribution in [0.4, 0.5) is 13.2 Å². The van der Waals surface area contributed by atoms with Crippen molar-refractivity contribution in [3.05, 3.63) is 0 Å². The fourth-order valence-corrected chi connectivity index (χ4v) is 2.47. The largest absolute Gasteiger partial charge is 0.401 e. The number of alkyl halides is 3. The van der Waals surface area contributed by atoms with Crippen LogP contribution >= 0.6 is 0 Å². The number of nitrogens with two attached hydrogens (primary N) is 1. The topological polar surface area (TPSA) is 29.3 Å². The van der Waals surface area contributed by atoms with Crippen molar-refractivity contribution in [1.82, 2.24) is 4.90 Å². The van der Waals surface area contributed by atoms with Crippen LogP contribution in [0.1, 0.15) is 46.0 Å². The van der Waals surface area contributed by atoms with Gasteiger partial charge in [0.25, 0.3) is 0 Å². The molecule has 1 fully saturated rings. The van der Waals surface area contributed by atoms with Crippen LogP contribution in [-0.4, -0.2) is 35.7 Å². The summed E-state index contributed by atoms with van der Waals surface area (Å²) in [6.07, 6.45) is 0.764. The fraction of sp³-hybridized carbons (Fsp3) is 1.00. The molecule has 0 aromatic rings. The first-order valence-corrected chi connectivity index (χ1v) is 6.32. The van der Waals surface area contributed by atoms with Gasteiger partial charge in [-0.2, -0.15) is 13.2 Å². The molecule has 1 aliphatic carbocycles. The van der Waals surface area contributed by atoms with Gasteiger partial charge in [-0.05, 0) is 26.7 Å². The minimum atomic E-state index is -4.14. The molecule has 0 aromatic carbocycles. The molecule has 5 heteroatoms. The van der Waals surface area contributed by atoms with Gasteiger partial charge in [-0.25, -0.2) is 0 Å². The van der Waals surface area contributed by atoms with Gasteiger partial charge in [0.05, 0.1) is 6.54 Å². The zero-order valence-corrected chi connectivity index (χ0v) is 10.7. The first-order chi connectivity index (χ1) is 7.72. The molecule has 17 heavy (non-hydrogen) atoms. The molecule has 0 spiro atoms. The van der Waals surface area contributed by atoms with E-state index < -0.39 is 18.3 Å². The van der Waals surface area contributed by atoms with Crippen LogP contribution in [0.3, 0.4) is 0 Å². The van der Waals surface area contributed by atoms with E-state index >= 15 is 0 Å². The van der Waals surface area contributed by atoms with E-state index in [1.54, 1.807) is 13.8 Å². The second-order valence-electron chi connectivity index (χ2n) is 5.54. The summed E-state index contributed by atoms with van der Waals surface area (Å²) < 4.78 is 37.4. The minimum Gasteiger partial charge on any atom is -0.324 e. The Bertz CT molecular complexity index is 232. The number of nitrogens with zero attached hydrogens (tertiary/aromatic N) is 1. The van der Waals surface area contributed by atoms with Gasteiger partial charge < -0.3 is 5.73 Å². The van der Waals surface area contributed by atoms with Gasteiger partial charge in [0, 0.05) is 18.1 Å². The Kier molecular flexibility index (Phi) is 4.84. The molecule has 102 valence electrons. The SMILES string of the molecule is CC(C)N(CC(F)(F)F)CC1(N)CCCCC1. The molecule has 0 aromatic heterocycles. The summed E-state index contributed by atoms with van der Waals surface area (Å²) in [6, 6.07) is -0.126. The third-order valence-electron chi connectivity index (χ3n) is 3.48. The predicted molar refractivity (Wildman–Crippen MR) is 62.8 cm³/mol. The highest BCUT2D eigenvalue weighted by Crippen LogP contribution is 2.28. The maximum Gasteiger partial charge on any atom is 0.401 e. The second-order valence-corrected chi connectivity index (χ2v) is 5.54. The number of halogens is 3. The van der Waals surface area contributed by atoms with Gasteiger partial charge >= 0.3 is 6.18 Å². The zero-order chi connectivity index (χ0) is 13.1. The monoisotopic (exact) mass is 252 g/mol. The molecule has 1 aliphatic rings. The fourth-order valence-electron chi connectivity index (χ4n) is 2.47. The number of hydrogen-bond acceptors (Lipinski definition) is 2. The Labute approximate surface area is 101 Å². The van der Waals surface area contributed by atoms with Crippen molar-refractivity contribution < 1.29 is 13.2 Å². The molecule has 0 unspecified atom stereocenters. The van der Waals surface area contributed by atoms with Gasteiger partial charge in [0.2, 0.25) is 0 Å². The Balaban J connectivity index is 2.59. The van der Waals surface area contributed by atoms with Crippen LogP contribution in [0.15, 0.2) is 0 Å². The summed E-state index contributed by atoms with van der Waals surface area (Å²) in [6.45, 7) is 3.07. The molecular formula is C12H23F3N2. The van der Waals surface area contributed by atoms with Crippen molar-refractivity contribution in [2.24, 2.45) is 5.73 Å². The van der Waals surface area contributed by atoms with Gasteiger partial charge in [-0.15, -0.1) is 0 Å². The van der Waals surface area contributed by atoms with Crippen LogP contribution in [0.2, 0.25) is 0 Å². The third-order valence-corrected chi connectivity index (χ3v) is 3.48. The molecular weight excluding hydrogens is 229 g/mol. The van der Waals surface area contributed by atoms with Crippen LogP contribution in [0.25, 0.3) is 0 Å². The Morgan fingerprint density at radius 3 is 2.12 bits per heavy atom. The highest BCUT2D eigenvalue weighted by atomic mass is 19.4. The summed E-state index contributed by atoms with van der Waals surface area (Å²) in [7, 11) is 0. The van der Waals surface area contributed by atoms with Crippen LogP contribution < -0.4 is 5.73 Å². The van der Waals surface area contributed by atoms with E-state index in [0.717, 1.165) is 32.1 Å². The van der Waals surface area contributed by atoms with Gasteiger partial charge in [0.15, 0.2) is 0 Å². The molecule has 0 heterocycles. The second kappa shape index (κ2) is 5.57. The van der Waals surface area contributed by atoms with Crippen LogP contribution in [0.5, 0.6) is 0 Å². The summed E-state index contributed by atoms with van der Waals surface area (Å²) in [5, 5.41) is 0. The maximum absolute atomic E-state index is 12.5. The van der Waals surface area contributed by atoms with Crippen LogP contribution in [0, 0.1) is 0 Å². The van der Waals surface area contributed by atoms with Gasteiger partial charge in [0.1, 0.15) is 0 Å². The molecule has 1 saturated carbocycles. The van der Waals surface area contributed by atoms with E-state index in [9.17, 15) is 13.2 Å². The van der Waals surface area contributed by atoms with Crippen molar-refractivity contribution in [2.75, 3.05) is 13.1 Å². The smallest absolute Gasteiger partial charge is 0.324 e. The lowest BCUT2D eigenvalue weighted by atomic mass is 9.82. The third kappa shape index (κ3) is 5.25. The number of rotatable bonds is 4. The van der Waals surface area contributed by atoms with Crippen molar-refractivity contribution in [3.63, 3.8) is 0 Å². The lowest BCUT2D eigenvalue weighted by molar-refractivity contribution is -0.151. The maximum atomic E-state index is 12.5. The summed E-state index contributed by atoms with van der Waals surface area (Å²) in [5.74, 6) is 0. The molecule has 0 atom stereocenters. The average molecular weight is 252 g/mol. The highest BCUT2D eigenvalue weighted by molar-refractivity contribution is 4.91. The molecule has 0 saturated heterocycles. The molecule has 0 radical (unpaired) electrons. The predicted octanol–water partition coefficient (Wildman–Crippen LogP) is 2.92. The van der Waals surface area contributed by atoms with E-state index in [1.165, 1.54) is 4.90 Å². The molecule has 1 rings (SSSR count). The molecule has 2 nitrogen and oxygen atoms in total. The molecule has 2 N–H and O–H groups in total. The van der Waals surface area contributed by atoms with Crippen LogP contribution in [-0.2, 0) is 0 Å². The van der Waals surface area contributed by atoms with Gasteiger partial charge in [-0.3, -0.25) is 4.90 Å². The molecule has 0 amide bonds. The van der Waals surface area contributed by atoms with E-state index in [4.69, 9.17) is 5.73 Å². The lowest BCUT2D eigenvalue weighted by Crippen LogP contribution is -2.54. The average Bonchev–Trinajstić information content (AvgIpc) is 2.15. The zero-order valence-electron chi connectivity index (χ0n) is 10.7. The van der Waals surface area contributed by atoms with Crippen molar-refractivity contribution in [3.8, 4) is 0 Å². The quantitative estimate of drug-likeness (QED) is 0.833. The normalized spacial score (nSPS) is 21.2. The van der Waals surface area contributed by atoms with E-state index in [0.29, 0.717) is 6.54 Å². The first-order valence-electron chi connectivity index (χ1n) is 6.32. The molecule has 0 bridgehead atoms. The summed E-state index contributed by atoms with van der Waals surface area (Å²) in [4.78, 5) is 1.45. The van der Waals surface area contributed by atoms with Gasteiger partial charge in [-0.1, -0.05) is 19.3 Å². The van der Waals surface area contributed by atoms with Crippen molar-refractivity contribution in [2.45, 2.75) is 63.7 Å². The van der Waals surface area contributed by atoms with E-state index in [-0.39, 0.29) is 6.04 Å². The van der Waals surface area contributed by atoms with Crippen molar-refractivity contribution >= 4 is 0 Å². The Morgan fingerprint density at radius 2 is 1.71 bits per heavy atom. The first kappa shape index (κ1) is 14.8. The molecule has 0 aliphatic heterocycles. The lowest BCUT2D eigenvalue weighted by Gasteiger charge is -2.40. The van der Waals surface area contributed by atoms with E-state index in [2.05, 4.69) is 0 Å². The Morgan fingerprint density at radius 1 is 1.18 bits per heavy atom.